The Morgan fingerprint density at radius 3 is 2.44 bits per heavy atom. The number of benzene rings is 3. The van der Waals surface area contributed by atoms with Gasteiger partial charge in [0.15, 0.2) is 0 Å². The minimum Gasteiger partial charge on any atom is -0.494 e. The van der Waals surface area contributed by atoms with Gasteiger partial charge in [-0.2, -0.15) is 0 Å². The van der Waals surface area contributed by atoms with Crippen molar-refractivity contribution in [1.29, 1.82) is 0 Å². The fourth-order valence-corrected chi connectivity index (χ4v) is 4.09. The number of nitrogens with one attached hydrogen (secondary N) is 1. The van der Waals surface area contributed by atoms with E-state index in [0.29, 0.717) is 26.0 Å². The highest BCUT2D eigenvalue weighted by Crippen LogP contribution is 2.28. The molecule has 4 aromatic rings. The molecule has 0 spiro atoms. The first-order valence-electron chi connectivity index (χ1n) is 10.7. The smallest absolute Gasteiger partial charge is 0.220 e. The zero-order chi connectivity index (χ0) is 22.2. The van der Waals surface area contributed by atoms with Crippen molar-refractivity contribution < 1.29 is 9.53 Å². The van der Waals surface area contributed by atoms with Crippen molar-refractivity contribution in [2.45, 2.75) is 26.3 Å². The molecule has 0 fully saturated rings. The lowest BCUT2D eigenvalue weighted by molar-refractivity contribution is -0.121. The van der Waals surface area contributed by atoms with Gasteiger partial charge in [-0.1, -0.05) is 72.3 Å². The summed E-state index contributed by atoms with van der Waals surface area (Å²) in [5.74, 6) is 0.876. The maximum absolute atomic E-state index is 12.1. The van der Waals surface area contributed by atoms with Crippen molar-refractivity contribution in [2.75, 3.05) is 6.61 Å². The molecule has 32 heavy (non-hydrogen) atoms. The average molecular weight is 443 g/mol. The monoisotopic (exact) mass is 442 g/mol. The van der Waals surface area contributed by atoms with Crippen LogP contribution in [0.25, 0.3) is 21.8 Å². The van der Waals surface area contributed by atoms with Gasteiger partial charge in [0.1, 0.15) is 10.8 Å². The van der Waals surface area contributed by atoms with Crippen LogP contribution in [0.4, 0.5) is 0 Å². The summed E-state index contributed by atoms with van der Waals surface area (Å²) in [4.78, 5) is 16.9. The highest BCUT2D eigenvalue weighted by atomic mass is 32.1. The SMILES string of the molecule is Cc1ccc(OCCCC(=O)NCc2ccc(-c3nc(-c4ccccc4)cs3)cc2)cc1. The van der Waals surface area contributed by atoms with Gasteiger partial charge in [0.05, 0.1) is 12.3 Å². The molecule has 0 aliphatic carbocycles. The number of hydrogen-bond donors (Lipinski definition) is 1. The van der Waals surface area contributed by atoms with Crippen molar-refractivity contribution in [3.05, 3.63) is 95.4 Å². The van der Waals surface area contributed by atoms with E-state index in [1.165, 1.54) is 5.56 Å². The number of aryl methyl sites for hydroxylation is 1. The van der Waals surface area contributed by atoms with Gasteiger partial charge < -0.3 is 10.1 Å². The number of thiazole rings is 1. The molecule has 4 nitrogen and oxygen atoms in total. The zero-order valence-corrected chi connectivity index (χ0v) is 18.9. The molecule has 0 saturated heterocycles. The Labute approximate surface area is 192 Å². The second kappa shape index (κ2) is 10.7. The number of rotatable bonds is 9. The number of amides is 1. The van der Waals surface area contributed by atoms with Crippen LogP contribution in [0.15, 0.2) is 84.2 Å². The summed E-state index contributed by atoms with van der Waals surface area (Å²) >= 11 is 1.64. The Bertz CT molecular complexity index is 1140. The van der Waals surface area contributed by atoms with Gasteiger partial charge in [0, 0.05) is 29.5 Å². The minimum absolute atomic E-state index is 0.0361. The fourth-order valence-electron chi connectivity index (χ4n) is 3.26. The first kappa shape index (κ1) is 21.8. The molecule has 1 aromatic heterocycles. The molecule has 0 unspecified atom stereocenters. The van der Waals surface area contributed by atoms with Crippen LogP contribution in [0.3, 0.4) is 0 Å². The van der Waals surface area contributed by atoms with Crippen molar-refractivity contribution in [2.24, 2.45) is 0 Å². The number of ether oxygens (including phenoxy) is 1. The molecule has 0 aliphatic heterocycles. The molecule has 162 valence electrons. The van der Waals surface area contributed by atoms with Crippen LogP contribution in [0, 0.1) is 6.92 Å². The van der Waals surface area contributed by atoms with Crippen LogP contribution in [0.2, 0.25) is 0 Å². The molecule has 1 amide bonds. The van der Waals surface area contributed by atoms with E-state index in [9.17, 15) is 4.79 Å². The molecule has 0 saturated carbocycles. The molecule has 3 aromatic carbocycles. The van der Waals surface area contributed by atoms with Crippen molar-refractivity contribution >= 4 is 17.2 Å². The number of aromatic nitrogens is 1. The third-order valence-electron chi connectivity index (χ3n) is 5.10. The molecule has 0 bridgehead atoms. The molecule has 1 heterocycles. The van der Waals surface area contributed by atoms with Crippen LogP contribution < -0.4 is 10.1 Å². The molecule has 0 atom stereocenters. The molecular weight excluding hydrogens is 416 g/mol. The summed E-state index contributed by atoms with van der Waals surface area (Å²) < 4.78 is 5.67. The normalized spacial score (nSPS) is 10.7. The lowest BCUT2D eigenvalue weighted by atomic mass is 10.1. The topological polar surface area (TPSA) is 51.2 Å². The van der Waals surface area contributed by atoms with Crippen LogP contribution >= 0.6 is 11.3 Å². The summed E-state index contributed by atoms with van der Waals surface area (Å²) in [5.41, 5.74) is 5.47. The number of carbonyl (C=O) groups excluding carboxylic acids is 1. The Morgan fingerprint density at radius 1 is 0.938 bits per heavy atom. The Hall–Kier alpha value is -3.44. The highest BCUT2D eigenvalue weighted by Gasteiger charge is 2.07. The number of nitrogens with zero attached hydrogens (tertiary/aromatic N) is 1. The van der Waals surface area contributed by atoms with E-state index < -0.39 is 0 Å². The first-order valence-corrected chi connectivity index (χ1v) is 11.6. The summed E-state index contributed by atoms with van der Waals surface area (Å²) in [6.45, 7) is 3.09. The minimum atomic E-state index is 0.0361. The van der Waals surface area contributed by atoms with Crippen LogP contribution in [0.5, 0.6) is 5.75 Å². The van der Waals surface area contributed by atoms with Crippen LogP contribution in [-0.4, -0.2) is 17.5 Å². The van der Waals surface area contributed by atoms with Gasteiger partial charge >= 0.3 is 0 Å². The van der Waals surface area contributed by atoms with Gasteiger partial charge in [0.2, 0.25) is 5.91 Å². The van der Waals surface area contributed by atoms with E-state index >= 15 is 0 Å². The van der Waals surface area contributed by atoms with Gasteiger partial charge in [-0.3, -0.25) is 4.79 Å². The van der Waals surface area contributed by atoms with Gasteiger partial charge in [-0.05, 0) is 31.0 Å². The maximum atomic E-state index is 12.1. The molecule has 0 aliphatic rings. The van der Waals surface area contributed by atoms with Gasteiger partial charge in [-0.15, -0.1) is 11.3 Å². The Morgan fingerprint density at radius 2 is 1.69 bits per heavy atom. The van der Waals surface area contributed by atoms with Crippen molar-refractivity contribution in [3.8, 4) is 27.6 Å². The second-order valence-electron chi connectivity index (χ2n) is 7.64. The molecular formula is C27H26N2O2S. The predicted molar refractivity (Wildman–Crippen MR) is 131 cm³/mol. The van der Waals surface area contributed by atoms with E-state index in [0.717, 1.165) is 33.1 Å². The van der Waals surface area contributed by atoms with Crippen molar-refractivity contribution in [3.63, 3.8) is 0 Å². The maximum Gasteiger partial charge on any atom is 0.220 e. The zero-order valence-electron chi connectivity index (χ0n) is 18.1. The third-order valence-corrected chi connectivity index (χ3v) is 5.99. The molecule has 0 radical (unpaired) electrons. The van der Waals surface area contributed by atoms with Gasteiger partial charge in [-0.25, -0.2) is 4.98 Å². The quantitative estimate of drug-likeness (QED) is 0.311. The standard InChI is InChI=1S/C27H26N2O2S/c1-20-9-15-24(16-10-20)31-17-5-8-26(30)28-18-21-11-13-23(14-12-21)27-29-25(19-32-27)22-6-3-2-4-7-22/h2-4,6-7,9-16,19H,5,8,17-18H2,1H3,(H,28,30). The average Bonchev–Trinajstić information content (AvgIpc) is 3.33. The summed E-state index contributed by atoms with van der Waals surface area (Å²) in [5, 5.41) is 6.06. The summed E-state index contributed by atoms with van der Waals surface area (Å²) in [6.07, 6.45) is 1.14. The van der Waals surface area contributed by atoms with Crippen LogP contribution in [-0.2, 0) is 11.3 Å². The largest absolute Gasteiger partial charge is 0.494 e. The first-order chi connectivity index (χ1) is 15.7. The van der Waals surface area contributed by atoms with E-state index in [-0.39, 0.29) is 5.91 Å². The lowest BCUT2D eigenvalue weighted by Crippen LogP contribution is -2.22. The van der Waals surface area contributed by atoms with Gasteiger partial charge in [0.25, 0.3) is 0 Å². The third kappa shape index (κ3) is 6.05. The number of hydrogen-bond acceptors (Lipinski definition) is 4. The predicted octanol–water partition coefficient (Wildman–Crippen LogP) is 6.26. The Kier molecular flexibility index (Phi) is 7.31. The van der Waals surface area contributed by atoms with E-state index in [1.807, 2.05) is 61.5 Å². The molecule has 4 rings (SSSR count). The van der Waals surface area contributed by atoms with E-state index in [2.05, 4.69) is 35.0 Å². The Balaban J connectivity index is 1.21. The van der Waals surface area contributed by atoms with Crippen LogP contribution in [0.1, 0.15) is 24.0 Å². The summed E-state index contributed by atoms with van der Waals surface area (Å²) in [6, 6.07) is 26.3. The summed E-state index contributed by atoms with van der Waals surface area (Å²) in [7, 11) is 0. The van der Waals surface area contributed by atoms with E-state index in [1.54, 1.807) is 11.3 Å². The lowest BCUT2D eigenvalue weighted by Gasteiger charge is -2.08. The van der Waals surface area contributed by atoms with E-state index in [4.69, 9.17) is 9.72 Å². The molecule has 1 N–H and O–H groups in total. The van der Waals surface area contributed by atoms with Crippen molar-refractivity contribution in [1.82, 2.24) is 10.3 Å². The second-order valence-corrected chi connectivity index (χ2v) is 8.50. The highest BCUT2D eigenvalue weighted by molar-refractivity contribution is 7.13. The number of carbonyl (C=O) groups is 1. The fraction of sp³-hybridized carbons (Fsp3) is 0.185. The molecule has 5 heteroatoms.